The second kappa shape index (κ2) is 6.49. The van der Waals surface area contributed by atoms with E-state index in [1.54, 1.807) is 0 Å². The second-order valence-corrected chi connectivity index (χ2v) is 6.44. The molecule has 0 spiro atoms. The molecule has 0 unspecified atom stereocenters. The van der Waals surface area contributed by atoms with Crippen molar-refractivity contribution in [1.82, 2.24) is 4.57 Å². The Morgan fingerprint density at radius 3 is 2.14 bits per heavy atom. The van der Waals surface area contributed by atoms with E-state index < -0.39 is 0 Å². The van der Waals surface area contributed by atoms with E-state index in [9.17, 15) is 4.79 Å². The van der Waals surface area contributed by atoms with Crippen LogP contribution in [0.15, 0.2) is 35.1 Å². The largest absolute Gasteiger partial charge is 0.326 e. The standard InChI is InChI=1S/C19H26N2O/c1-12(2)15-6-8-16(9-7-15)18-10-14(5)17(11-20)19(22)21(18)13(3)4/h6-10,12-13H,11,20H2,1-5H3. The first-order valence-electron chi connectivity index (χ1n) is 7.92. The highest BCUT2D eigenvalue weighted by Crippen LogP contribution is 2.25. The maximum Gasteiger partial charge on any atom is 0.256 e. The maximum absolute atomic E-state index is 12.7. The molecule has 1 aromatic heterocycles. The zero-order valence-corrected chi connectivity index (χ0v) is 14.2. The van der Waals surface area contributed by atoms with Crippen molar-refractivity contribution < 1.29 is 0 Å². The normalized spacial score (nSPS) is 11.5. The van der Waals surface area contributed by atoms with Crippen molar-refractivity contribution in [1.29, 1.82) is 0 Å². The summed E-state index contributed by atoms with van der Waals surface area (Å²) in [6.45, 7) is 10.7. The van der Waals surface area contributed by atoms with Crippen LogP contribution in [0.1, 0.15) is 56.3 Å². The Hall–Kier alpha value is -1.87. The van der Waals surface area contributed by atoms with Crippen LogP contribution in [-0.4, -0.2) is 4.57 Å². The average Bonchev–Trinajstić information content (AvgIpc) is 2.46. The average molecular weight is 298 g/mol. The molecule has 2 rings (SSSR count). The summed E-state index contributed by atoms with van der Waals surface area (Å²) in [5, 5.41) is 0. The Labute approximate surface area is 132 Å². The number of rotatable bonds is 4. The molecule has 1 heterocycles. The van der Waals surface area contributed by atoms with Gasteiger partial charge in [-0.05, 0) is 49.4 Å². The molecule has 0 fully saturated rings. The molecule has 2 N–H and O–H groups in total. The molecule has 3 nitrogen and oxygen atoms in total. The Morgan fingerprint density at radius 2 is 1.68 bits per heavy atom. The fourth-order valence-corrected chi connectivity index (χ4v) is 2.81. The lowest BCUT2D eigenvalue weighted by Crippen LogP contribution is -2.29. The highest BCUT2D eigenvalue weighted by molar-refractivity contribution is 5.62. The van der Waals surface area contributed by atoms with Crippen LogP contribution in [0.2, 0.25) is 0 Å². The molecule has 22 heavy (non-hydrogen) atoms. The van der Waals surface area contributed by atoms with E-state index in [0.717, 1.165) is 16.8 Å². The number of nitrogens with two attached hydrogens (primary N) is 1. The zero-order valence-electron chi connectivity index (χ0n) is 14.2. The summed E-state index contributed by atoms with van der Waals surface area (Å²) in [5.41, 5.74) is 10.8. The number of pyridine rings is 1. The number of hydrogen-bond acceptors (Lipinski definition) is 2. The van der Waals surface area contributed by atoms with Gasteiger partial charge in [0.1, 0.15) is 0 Å². The monoisotopic (exact) mass is 298 g/mol. The molecule has 0 amide bonds. The van der Waals surface area contributed by atoms with Crippen LogP contribution in [0, 0.1) is 6.92 Å². The summed E-state index contributed by atoms with van der Waals surface area (Å²) in [6, 6.07) is 10.7. The predicted octanol–water partition coefficient (Wildman–Crippen LogP) is 3.99. The van der Waals surface area contributed by atoms with Gasteiger partial charge in [0.15, 0.2) is 0 Å². The van der Waals surface area contributed by atoms with E-state index in [0.29, 0.717) is 11.5 Å². The van der Waals surface area contributed by atoms with Crippen LogP contribution < -0.4 is 11.3 Å². The van der Waals surface area contributed by atoms with Gasteiger partial charge in [0.05, 0.1) is 5.69 Å². The minimum atomic E-state index is 0.0282. The van der Waals surface area contributed by atoms with Crippen molar-refractivity contribution in [2.75, 3.05) is 0 Å². The van der Waals surface area contributed by atoms with Crippen LogP contribution in [0.5, 0.6) is 0 Å². The zero-order chi connectivity index (χ0) is 16.4. The highest BCUT2D eigenvalue weighted by atomic mass is 16.1. The van der Waals surface area contributed by atoms with Crippen molar-refractivity contribution in [3.8, 4) is 11.3 Å². The van der Waals surface area contributed by atoms with Gasteiger partial charge in [0.2, 0.25) is 0 Å². The van der Waals surface area contributed by atoms with Gasteiger partial charge in [0, 0.05) is 18.2 Å². The molecule has 118 valence electrons. The first-order chi connectivity index (χ1) is 10.4. The Bertz CT molecular complexity index is 709. The lowest BCUT2D eigenvalue weighted by atomic mass is 9.99. The van der Waals surface area contributed by atoms with Gasteiger partial charge < -0.3 is 10.3 Å². The van der Waals surface area contributed by atoms with E-state index >= 15 is 0 Å². The smallest absolute Gasteiger partial charge is 0.256 e. The van der Waals surface area contributed by atoms with Gasteiger partial charge >= 0.3 is 0 Å². The predicted molar refractivity (Wildman–Crippen MR) is 93.2 cm³/mol. The van der Waals surface area contributed by atoms with Gasteiger partial charge in [-0.25, -0.2) is 0 Å². The number of hydrogen-bond donors (Lipinski definition) is 1. The lowest BCUT2D eigenvalue weighted by molar-refractivity contribution is 0.578. The second-order valence-electron chi connectivity index (χ2n) is 6.44. The Morgan fingerprint density at radius 1 is 1.09 bits per heavy atom. The molecule has 0 aliphatic heterocycles. The molecule has 0 saturated heterocycles. The van der Waals surface area contributed by atoms with E-state index in [-0.39, 0.29) is 18.1 Å². The van der Waals surface area contributed by atoms with Crippen molar-refractivity contribution in [2.45, 2.75) is 53.1 Å². The molecule has 0 radical (unpaired) electrons. The lowest BCUT2D eigenvalue weighted by Gasteiger charge is -2.20. The van der Waals surface area contributed by atoms with Gasteiger partial charge in [0.25, 0.3) is 5.56 Å². The molecule has 0 atom stereocenters. The quantitative estimate of drug-likeness (QED) is 0.928. The summed E-state index contributed by atoms with van der Waals surface area (Å²) < 4.78 is 1.85. The molecule has 1 aromatic carbocycles. The summed E-state index contributed by atoms with van der Waals surface area (Å²) in [7, 11) is 0. The van der Waals surface area contributed by atoms with Gasteiger partial charge in [-0.2, -0.15) is 0 Å². The van der Waals surface area contributed by atoms with Crippen LogP contribution >= 0.6 is 0 Å². The first-order valence-corrected chi connectivity index (χ1v) is 7.92. The SMILES string of the molecule is Cc1cc(-c2ccc(C(C)C)cc2)n(C(C)C)c(=O)c1CN. The van der Waals surface area contributed by atoms with E-state index in [1.807, 2.05) is 25.3 Å². The van der Waals surface area contributed by atoms with Crippen molar-refractivity contribution in [2.24, 2.45) is 5.73 Å². The Balaban J connectivity index is 2.66. The summed E-state index contributed by atoms with van der Waals surface area (Å²) >= 11 is 0. The van der Waals surface area contributed by atoms with Gasteiger partial charge in [-0.15, -0.1) is 0 Å². The third kappa shape index (κ3) is 3.00. The number of aromatic nitrogens is 1. The number of nitrogens with zero attached hydrogens (tertiary/aromatic N) is 1. The maximum atomic E-state index is 12.7. The molecule has 0 aliphatic rings. The number of aryl methyl sites for hydroxylation is 1. The van der Waals surface area contributed by atoms with E-state index in [2.05, 4.69) is 44.2 Å². The molecular weight excluding hydrogens is 272 g/mol. The summed E-state index contributed by atoms with van der Waals surface area (Å²) in [4.78, 5) is 12.7. The molecule has 0 bridgehead atoms. The van der Waals surface area contributed by atoms with Crippen LogP contribution in [-0.2, 0) is 6.54 Å². The minimum absolute atomic E-state index is 0.0282. The topological polar surface area (TPSA) is 48.0 Å². The van der Waals surface area contributed by atoms with E-state index in [4.69, 9.17) is 5.73 Å². The van der Waals surface area contributed by atoms with Crippen molar-refractivity contribution >= 4 is 0 Å². The van der Waals surface area contributed by atoms with Crippen LogP contribution in [0.25, 0.3) is 11.3 Å². The molecule has 0 saturated carbocycles. The van der Waals surface area contributed by atoms with Gasteiger partial charge in [-0.1, -0.05) is 38.1 Å². The fraction of sp³-hybridized carbons (Fsp3) is 0.421. The third-order valence-corrected chi connectivity index (χ3v) is 4.16. The van der Waals surface area contributed by atoms with Crippen molar-refractivity contribution in [3.63, 3.8) is 0 Å². The van der Waals surface area contributed by atoms with E-state index in [1.165, 1.54) is 5.56 Å². The molecule has 3 heteroatoms. The first kappa shape index (κ1) is 16.5. The number of benzene rings is 1. The van der Waals surface area contributed by atoms with Crippen LogP contribution in [0.4, 0.5) is 0 Å². The highest BCUT2D eigenvalue weighted by Gasteiger charge is 2.15. The Kier molecular flexibility index (Phi) is 4.87. The summed E-state index contributed by atoms with van der Waals surface area (Å²) in [5.74, 6) is 0.502. The molecular formula is C19H26N2O. The minimum Gasteiger partial charge on any atom is -0.326 e. The third-order valence-electron chi connectivity index (χ3n) is 4.16. The van der Waals surface area contributed by atoms with Crippen molar-refractivity contribution in [3.05, 3.63) is 57.4 Å². The molecule has 2 aromatic rings. The molecule has 0 aliphatic carbocycles. The summed E-state index contributed by atoms with van der Waals surface area (Å²) in [6.07, 6.45) is 0. The van der Waals surface area contributed by atoms with Gasteiger partial charge in [-0.3, -0.25) is 4.79 Å². The van der Waals surface area contributed by atoms with Crippen LogP contribution in [0.3, 0.4) is 0 Å². The fourth-order valence-electron chi connectivity index (χ4n) is 2.81.